The van der Waals surface area contributed by atoms with Gasteiger partial charge in [-0.05, 0) is 43.2 Å². The van der Waals surface area contributed by atoms with Gasteiger partial charge in [-0.1, -0.05) is 40.2 Å². The standard InChI is InChI=1S/C16H16BrN3/c1-10-4-3-5-14-15(10)20(16(18)19-14)11(2)12-6-8-13(17)9-7-12/h3-9,11H,1-2H3,(H2,18,19). The number of aryl methyl sites for hydroxylation is 1. The summed E-state index contributed by atoms with van der Waals surface area (Å²) < 4.78 is 3.18. The van der Waals surface area contributed by atoms with E-state index in [-0.39, 0.29) is 6.04 Å². The molecule has 0 spiro atoms. The summed E-state index contributed by atoms with van der Waals surface area (Å²) in [6.45, 7) is 4.24. The molecule has 1 heterocycles. The summed E-state index contributed by atoms with van der Waals surface area (Å²) in [5, 5.41) is 0. The van der Waals surface area contributed by atoms with Crippen LogP contribution in [0.4, 0.5) is 5.95 Å². The monoisotopic (exact) mass is 329 g/mol. The van der Waals surface area contributed by atoms with Gasteiger partial charge in [-0.2, -0.15) is 0 Å². The number of imidazole rings is 1. The van der Waals surface area contributed by atoms with Crippen molar-refractivity contribution >= 4 is 32.9 Å². The lowest BCUT2D eigenvalue weighted by atomic mass is 10.1. The van der Waals surface area contributed by atoms with Crippen LogP contribution in [0, 0.1) is 6.92 Å². The summed E-state index contributed by atoms with van der Waals surface area (Å²) >= 11 is 3.47. The highest BCUT2D eigenvalue weighted by Crippen LogP contribution is 2.29. The summed E-state index contributed by atoms with van der Waals surface area (Å²) in [5.41, 5.74) is 10.6. The minimum Gasteiger partial charge on any atom is -0.369 e. The van der Waals surface area contributed by atoms with Crippen molar-refractivity contribution in [2.24, 2.45) is 0 Å². The third kappa shape index (κ3) is 2.10. The van der Waals surface area contributed by atoms with E-state index in [9.17, 15) is 0 Å². The van der Waals surface area contributed by atoms with E-state index in [4.69, 9.17) is 5.73 Å². The molecule has 0 aliphatic carbocycles. The first-order valence-corrected chi connectivity index (χ1v) is 7.35. The van der Waals surface area contributed by atoms with Crippen LogP contribution in [0.3, 0.4) is 0 Å². The Kier molecular flexibility index (Phi) is 3.26. The number of fused-ring (bicyclic) bond motifs is 1. The molecular formula is C16H16BrN3. The third-order valence-corrected chi connectivity index (χ3v) is 4.21. The van der Waals surface area contributed by atoms with E-state index in [0.717, 1.165) is 15.5 Å². The quantitative estimate of drug-likeness (QED) is 0.761. The molecule has 2 N–H and O–H groups in total. The van der Waals surface area contributed by atoms with Crippen LogP contribution in [0.25, 0.3) is 11.0 Å². The molecule has 3 rings (SSSR count). The molecule has 0 amide bonds. The second kappa shape index (κ2) is 4.94. The zero-order valence-corrected chi connectivity index (χ0v) is 13.1. The Morgan fingerprint density at radius 1 is 1.15 bits per heavy atom. The van der Waals surface area contributed by atoms with E-state index in [1.54, 1.807) is 0 Å². The third-order valence-electron chi connectivity index (χ3n) is 3.68. The zero-order chi connectivity index (χ0) is 14.3. The molecule has 4 heteroatoms. The molecule has 0 aliphatic rings. The van der Waals surface area contributed by atoms with Crippen LogP contribution in [0.2, 0.25) is 0 Å². The van der Waals surface area contributed by atoms with Gasteiger partial charge in [0.1, 0.15) is 0 Å². The van der Waals surface area contributed by atoms with Gasteiger partial charge in [0.15, 0.2) is 0 Å². The highest BCUT2D eigenvalue weighted by Gasteiger charge is 2.16. The van der Waals surface area contributed by atoms with Crippen LogP contribution < -0.4 is 5.73 Å². The number of nitrogen functional groups attached to an aromatic ring is 1. The molecule has 102 valence electrons. The summed E-state index contributed by atoms with van der Waals surface area (Å²) in [5.74, 6) is 0.560. The van der Waals surface area contributed by atoms with E-state index >= 15 is 0 Å². The van der Waals surface area contributed by atoms with Crippen LogP contribution in [-0.4, -0.2) is 9.55 Å². The molecule has 0 saturated heterocycles. The molecule has 0 radical (unpaired) electrons. The maximum absolute atomic E-state index is 6.13. The fraction of sp³-hybridized carbons (Fsp3) is 0.188. The van der Waals surface area contributed by atoms with Gasteiger partial charge in [-0.3, -0.25) is 0 Å². The SMILES string of the molecule is Cc1cccc2nc(N)n(C(C)c3ccc(Br)cc3)c12. The summed E-state index contributed by atoms with van der Waals surface area (Å²) in [7, 11) is 0. The van der Waals surface area contributed by atoms with Crippen molar-refractivity contribution in [1.29, 1.82) is 0 Å². The fourth-order valence-corrected chi connectivity index (χ4v) is 2.89. The van der Waals surface area contributed by atoms with Gasteiger partial charge >= 0.3 is 0 Å². The number of aromatic nitrogens is 2. The van der Waals surface area contributed by atoms with Gasteiger partial charge in [0, 0.05) is 4.47 Å². The number of nitrogens with two attached hydrogens (primary N) is 1. The van der Waals surface area contributed by atoms with Crippen LogP contribution >= 0.6 is 15.9 Å². The van der Waals surface area contributed by atoms with Crippen molar-refractivity contribution in [3.8, 4) is 0 Å². The second-order valence-electron chi connectivity index (χ2n) is 5.01. The summed E-state index contributed by atoms with van der Waals surface area (Å²) in [6.07, 6.45) is 0. The van der Waals surface area contributed by atoms with E-state index in [0.29, 0.717) is 5.95 Å². The highest BCUT2D eigenvalue weighted by atomic mass is 79.9. The number of rotatable bonds is 2. The fourth-order valence-electron chi connectivity index (χ4n) is 2.62. The highest BCUT2D eigenvalue weighted by molar-refractivity contribution is 9.10. The molecule has 3 nitrogen and oxygen atoms in total. The number of halogens is 1. The van der Waals surface area contributed by atoms with Crippen molar-refractivity contribution in [2.45, 2.75) is 19.9 Å². The predicted molar refractivity (Wildman–Crippen MR) is 86.8 cm³/mol. The number of hydrogen-bond donors (Lipinski definition) is 1. The van der Waals surface area contributed by atoms with Gasteiger partial charge in [-0.25, -0.2) is 4.98 Å². The number of benzene rings is 2. The Morgan fingerprint density at radius 2 is 1.85 bits per heavy atom. The lowest BCUT2D eigenvalue weighted by Crippen LogP contribution is -2.10. The molecular weight excluding hydrogens is 314 g/mol. The number of nitrogens with zero attached hydrogens (tertiary/aromatic N) is 2. The molecule has 0 aliphatic heterocycles. The van der Waals surface area contributed by atoms with Crippen molar-refractivity contribution in [3.05, 3.63) is 58.1 Å². The Morgan fingerprint density at radius 3 is 2.55 bits per heavy atom. The number of hydrogen-bond acceptors (Lipinski definition) is 2. The molecule has 1 unspecified atom stereocenters. The van der Waals surface area contributed by atoms with E-state index in [1.165, 1.54) is 11.1 Å². The first-order valence-electron chi connectivity index (χ1n) is 6.56. The summed E-state index contributed by atoms with van der Waals surface area (Å²) in [6, 6.07) is 14.6. The normalized spacial score (nSPS) is 12.8. The van der Waals surface area contributed by atoms with Crippen molar-refractivity contribution in [3.63, 3.8) is 0 Å². The molecule has 3 aromatic rings. The molecule has 2 aromatic carbocycles. The maximum Gasteiger partial charge on any atom is 0.201 e. The largest absolute Gasteiger partial charge is 0.369 e. The Balaban J connectivity index is 2.18. The first-order chi connectivity index (χ1) is 9.58. The Labute approximate surface area is 126 Å². The average Bonchev–Trinajstić information content (AvgIpc) is 2.76. The van der Waals surface area contributed by atoms with Crippen molar-refractivity contribution in [1.82, 2.24) is 9.55 Å². The Bertz CT molecular complexity index is 759. The van der Waals surface area contributed by atoms with E-state index in [2.05, 4.69) is 57.5 Å². The second-order valence-corrected chi connectivity index (χ2v) is 5.93. The first kappa shape index (κ1) is 13.2. The minimum atomic E-state index is 0.147. The topological polar surface area (TPSA) is 43.8 Å². The molecule has 0 saturated carbocycles. The lowest BCUT2D eigenvalue weighted by Gasteiger charge is -2.17. The predicted octanol–water partition coefficient (Wildman–Crippen LogP) is 4.30. The van der Waals surface area contributed by atoms with Gasteiger partial charge in [0.2, 0.25) is 5.95 Å². The number of para-hydroxylation sites is 1. The van der Waals surface area contributed by atoms with Crippen LogP contribution in [0.1, 0.15) is 24.1 Å². The maximum atomic E-state index is 6.13. The smallest absolute Gasteiger partial charge is 0.201 e. The summed E-state index contributed by atoms with van der Waals surface area (Å²) in [4.78, 5) is 4.47. The molecule has 1 aromatic heterocycles. The molecule has 0 bridgehead atoms. The number of anilines is 1. The average molecular weight is 330 g/mol. The van der Waals surface area contributed by atoms with Crippen molar-refractivity contribution < 1.29 is 0 Å². The van der Waals surface area contributed by atoms with Crippen LogP contribution in [0.15, 0.2) is 46.9 Å². The zero-order valence-electron chi connectivity index (χ0n) is 11.5. The Hall–Kier alpha value is -1.81. The van der Waals surface area contributed by atoms with Crippen LogP contribution in [0.5, 0.6) is 0 Å². The van der Waals surface area contributed by atoms with Crippen molar-refractivity contribution in [2.75, 3.05) is 5.73 Å². The van der Waals surface area contributed by atoms with E-state index < -0.39 is 0 Å². The molecule has 20 heavy (non-hydrogen) atoms. The minimum absolute atomic E-state index is 0.147. The van der Waals surface area contributed by atoms with E-state index in [1.807, 2.05) is 24.3 Å². The molecule has 1 atom stereocenters. The lowest BCUT2D eigenvalue weighted by molar-refractivity contribution is 0.666. The van der Waals surface area contributed by atoms with Gasteiger partial charge < -0.3 is 10.3 Å². The van der Waals surface area contributed by atoms with Gasteiger partial charge in [0.05, 0.1) is 17.1 Å². The van der Waals surface area contributed by atoms with Crippen LogP contribution in [-0.2, 0) is 0 Å². The van der Waals surface area contributed by atoms with Gasteiger partial charge in [-0.15, -0.1) is 0 Å². The van der Waals surface area contributed by atoms with Gasteiger partial charge in [0.25, 0.3) is 0 Å². The molecule has 0 fully saturated rings.